The third-order valence-corrected chi connectivity index (χ3v) is 5.11. The summed E-state index contributed by atoms with van der Waals surface area (Å²) >= 11 is 5.96. The maximum Gasteiger partial charge on any atom is 0.417 e. The normalized spacial score (nSPS) is 11.5. The van der Waals surface area contributed by atoms with Crippen LogP contribution in [-0.2, 0) is 0 Å². The fraction of sp³-hybridized carbons (Fsp3) is 0.174. The van der Waals surface area contributed by atoms with E-state index in [2.05, 4.69) is 15.6 Å². The molecule has 0 unspecified atom stereocenters. The average molecular weight is 471 g/mol. The molecule has 0 saturated carbocycles. The largest absolute Gasteiger partial charge is 0.417 e. The highest BCUT2D eigenvalue weighted by atomic mass is 35.5. The maximum atomic E-state index is 12.5. The summed E-state index contributed by atoms with van der Waals surface area (Å²) in [6.07, 6.45) is -0.431. The van der Waals surface area contributed by atoms with Crippen molar-refractivity contribution in [1.29, 1.82) is 0 Å². The number of rotatable bonds is 7. The van der Waals surface area contributed by atoms with Crippen molar-refractivity contribution in [2.45, 2.75) is 20.0 Å². The zero-order valence-electron chi connectivity index (χ0n) is 17.9. The van der Waals surface area contributed by atoms with Crippen LogP contribution in [0.1, 0.15) is 33.2 Å². The molecular formula is C23H23ClN4O5. The Balaban J connectivity index is 1.74. The van der Waals surface area contributed by atoms with Gasteiger partial charge in [0.25, 0.3) is 5.56 Å². The molecule has 0 radical (unpaired) electrons. The summed E-state index contributed by atoms with van der Waals surface area (Å²) in [6, 6.07) is 11.4. The fourth-order valence-corrected chi connectivity index (χ4v) is 3.47. The summed E-state index contributed by atoms with van der Waals surface area (Å²) in [5.41, 5.74) is 7.43. The number of pyridine rings is 1. The van der Waals surface area contributed by atoms with Crippen molar-refractivity contribution in [2.75, 3.05) is 17.2 Å². The minimum Gasteiger partial charge on any atom is -0.402 e. The van der Waals surface area contributed by atoms with E-state index in [4.69, 9.17) is 22.1 Å². The van der Waals surface area contributed by atoms with Gasteiger partial charge in [0, 0.05) is 29.0 Å². The number of hydrogen-bond acceptors (Lipinski definition) is 6. The smallest absolute Gasteiger partial charge is 0.402 e. The molecule has 0 spiro atoms. The van der Waals surface area contributed by atoms with Gasteiger partial charge in [-0.3, -0.25) is 14.9 Å². The first-order chi connectivity index (χ1) is 15.7. The number of nitrogens with one attached hydrogen (secondary N) is 3. The Kier molecular flexibility index (Phi) is 7.37. The van der Waals surface area contributed by atoms with E-state index in [1.54, 1.807) is 50.2 Å². The lowest BCUT2D eigenvalue weighted by molar-refractivity contribution is 0.1000. The highest BCUT2D eigenvalue weighted by molar-refractivity contribution is 6.30. The molecule has 172 valence electrons. The standard InChI is InChI=1S/C23H23ClN4O5/c1-12-8-15(21(25)30)9-13(2)19(12)28-23(32)33-20-17(6-7-26-22(20)31)27-11-18(29)14-4-3-5-16(24)10-14/h3-10,18,29H,11H2,1-2H3,(H2,25,30)(H,28,32)(H2,26,27,31)/t18-/m1/s1. The van der Waals surface area contributed by atoms with E-state index in [0.29, 0.717) is 33.0 Å². The Hall–Kier alpha value is -3.82. The van der Waals surface area contributed by atoms with Crippen LogP contribution in [0.25, 0.3) is 0 Å². The lowest BCUT2D eigenvalue weighted by atomic mass is 10.0. The molecule has 10 heteroatoms. The van der Waals surface area contributed by atoms with E-state index in [1.807, 2.05) is 0 Å². The zero-order chi connectivity index (χ0) is 24.1. The number of H-pyrrole nitrogens is 1. The lowest BCUT2D eigenvalue weighted by Crippen LogP contribution is -2.24. The first kappa shape index (κ1) is 23.8. The predicted molar refractivity (Wildman–Crippen MR) is 126 cm³/mol. The third-order valence-electron chi connectivity index (χ3n) is 4.87. The molecule has 2 aromatic carbocycles. The Morgan fingerprint density at radius 3 is 2.52 bits per heavy atom. The number of nitrogens with two attached hydrogens (primary N) is 1. The van der Waals surface area contributed by atoms with Crippen LogP contribution in [0, 0.1) is 13.8 Å². The summed E-state index contributed by atoms with van der Waals surface area (Å²) in [6.45, 7) is 3.44. The number of anilines is 2. The van der Waals surface area contributed by atoms with Crippen molar-refractivity contribution in [3.63, 3.8) is 0 Å². The number of aryl methyl sites for hydroxylation is 2. The molecule has 9 nitrogen and oxygen atoms in total. The van der Waals surface area contributed by atoms with Crippen molar-refractivity contribution < 1.29 is 19.4 Å². The SMILES string of the molecule is Cc1cc(C(N)=O)cc(C)c1NC(=O)Oc1c(NC[C@@H](O)c2cccc(Cl)c2)cc[nH]c1=O. The number of aliphatic hydroxyl groups excluding tert-OH is 1. The maximum absolute atomic E-state index is 12.5. The predicted octanol–water partition coefficient (Wildman–Crippen LogP) is 3.50. The molecule has 0 aliphatic heterocycles. The minimum absolute atomic E-state index is 0.0363. The summed E-state index contributed by atoms with van der Waals surface area (Å²) in [7, 11) is 0. The second kappa shape index (κ2) is 10.2. The van der Waals surface area contributed by atoms with E-state index >= 15 is 0 Å². The molecule has 3 aromatic rings. The van der Waals surface area contributed by atoms with E-state index in [-0.39, 0.29) is 18.0 Å². The molecule has 1 atom stereocenters. The number of aromatic amines is 1. The number of aromatic nitrogens is 1. The van der Waals surface area contributed by atoms with E-state index in [1.165, 1.54) is 12.3 Å². The summed E-state index contributed by atoms with van der Waals surface area (Å²) in [4.78, 5) is 38.7. The fourth-order valence-electron chi connectivity index (χ4n) is 3.27. The van der Waals surface area contributed by atoms with E-state index in [0.717, 1.165) is 0 Å². The van der Waals surface area contributed by atoms with Crippen molar-refractivity contribution in [2.24, 2.45) is 5.73 Å². The van der Waals surface area contributed by atoms with Crippen molar-refractivity contribution in [3.05, 3.63) is 86.3 Å². The lowest BCUT2D eigenvalue weighted by Gasteiger charge is -2.16. The summed E-state index contributed by atoms with van der Waals surface area (Å²) in [5, 5.41) is 16.4. The Morgan fingerprint density at radius 1 is 1.18 bits per heavy atom. The van der Waals surface area contributed by atoms with Gasteiger partial charge >= 0.3 is 6.09 Å². The van der Waals surface area contributed by atoms with Crippen molar-refractivity contribution >= 4 is 35.0 Å². The highest BCUT2D eigenvalue weighted by Gasteiger charge is 2.17. The topological polar surface area (TPSA) is 147 Å². The van der Waals surface area contributed by atoms with Crippen molar-refractivity contribution in [1.82, 2.24) is 4.98 Å². The van der Waals surface area contributed by atoms with Gasteiger partial charge in [-0.1, -0.05) is 23.7 Å². The Labute approximate surface area is 194 Å². The Bertz CT molecular complexity index is 1230. The van der Waals surface area contributed by atoms with Crippen LogP contribution in [0.5, 0.6) is 5.75 Å². The number of hydrogen-bond donors (Lipinski definition) is 5. The quantitative estimate of drug-likeness (QED) is 0.357. The molecule has 1 aromatic heterocycles. The monoisotopic (exact) mass is 470 g/mol. The number of amides is 2. The molecule has 3 rings (SSSR count). The van der Waals surface area contributed by atoms with Gasteiger partial charge in [-0.15, -0.1) is 0 Å². The van der Waals surface area contributed by atoms with Crippen LogP contribution in [0.3, 0.4) is 0 Å². The van der Waals surface area contributed by atoms with Crippen LogP contribution >= 0.6 is 11.6 Å². The number of carbonyl (C=O) groups excluding carboxylic acids is 2. The van der Waals surface area contributed by atoms with Crippen LogP contribution in [0.4, 0.5) is 16.2 Å². The molecule has 0 saturated heterocycles. The number of primary amides is 1. The van der Waals surface area contributed by atoms with Crippen LogP contribution < -0.4 is 26.7 Å². The molecule has 0 bridgehead atoms. The van der Waals surface area contributed by atoms with Gasteiger partial charge in [-0.25, -0.2) is 4.79 Å². The number of aliphatic hydroxyl groups is 1. The van der Waals surface area contributed by atoms with Crippen LogP contribution in [-0.4, -0.2) is 28.6 Å². The van der Waals surface area contributed by atoms with Gasteiger partial charge in [0.15, 0.2) is 0 Å². The molecule has 2 amide bonds. The molecule has 0 aliphatic rings. The number of halogens is 1. The number of benzene rings is 2. The second-order valence-corrected chi connectivity index (χ2v) is 7.80. The summed E-state index contributed by atoms with van der Waals surface area (Å²) in [5.74, 6) is -0.848. The average Bonchev–Trinajstić information content (AvgIpc) is 2.76. The zero-order valence-corrected chi connectivity index (χ0v) is 18.7. The van der Waals surface area contributed by atoms with Gasteiger partial charge < -0.3 is 25.9 Å². The van der Waals surface area contributed by atoms with Crippen LogP contribution in [0.2, 0.25) is 5.02 Å². The molecule has 0 fully saturated rings. The highest BCUT2D eigenvalue weighted by Crippen LogP contribution is 2.25. The van der Waals surface area contributed by atoms with Gasteiger partial charge in [0.2, 0.25) is 11.7 Å². The van der Waals surface area contributed by atoms with Gasteiger partial charge in [0.1, 0.15) is 0 Å². The third kappa shape index (κ3) is 5.91. The first-order valence-electron chi connectivity index (χ1n) is 9.94. The van der Waals surface area contributed by atoms with E-state index in [9.17, 15) is 19.5 Å². The Morgan fingerprint density at radius 2 is 1.88 bits per heavy atom. The van der Waals surface area contributed by atoms with Gasteiger partial charge in [-0.05, 0) is 60.9 Å². The number of carbonyl (C=O) groups is 2. The molecule has 33 heavy (non-hydrogen) atoms. The van der Waals surface area contributed by atoms with Crippen LogP contribution in [0.15, 0.2) is 53.5 Å². The molecule has 6 N–H and O–H groups in total. The molecular weight excluding hydrogens is 448 g/mol. The number of ether oxygens (including phenoxy) is 1. The molecule has 0 aliphatic carbocycles. The first-order valence-corrected chi connectivity index (χ1v) is 10.3. The second-order valence-electron chi connectivity index (χ2n) is 7.37. The summed E-state index contributed by atoms with van der Waals surface area (Å²) < 4.78 is 5.27. The van der Waals surface area contributed by atoms with Crippen molar-refractivity contribution in [3.8, 4) is 5.75 Å². The minimum atomic E-state index is -0.918. The molecule has 1 heterocycles. The van der Waals surface area contributed by atoms with Gasteiger partial charge in [-0.2, -0.15) is 0 Å². The van der Waals surface area contributed by atoms with E-state index < -0.39 is 23.7 Å². The van der Waals surface area contributed by atoms with Gasteiger partial charge in [0.05, 0.1) is 11.8 Å².